The van der Waals surface area contributed by atoms with Crippen molar-refractivity contribution in [3.8, 4) is 17.0 Å². The van der Waals surface area contributed by atoms with Crippen molar-refractivity contribution < 1.29 is 18.3 Å². The summed E-state index contributed by atoms with van der Waals surface area (Å²) in [4.78, 5) is 19.9. The van der Waals surface area contributed by atoms with Gasteiger partial charge in [-0.05, 0) is 36.6 Å². The summed E-state index contributed by atoms with van der Waals surface area (Å²) < 4.78 is 34.0. The summed E-state index contributed by atoms with van der Waals surface area (Å²) in [6.07, 6.45) is 0.253. The van der Waals surface area contributed by atoms with Gasteiger partial charge in [0.15, 0.2) is 5.65 Å². The Bertz CT molecular complexity index is 1290. The molecule has 3 heterocycles. The quantitative estimate of drug-likeness (QED) is 0.415. The second-order valence-electron chi connectivity index (χ2n) is 7.96. The largest absolute Gasteiger partial charge is 0.497 e. The van der Waals surface area contributed by atoms with E-state index in [0.717, 1.165) is 28.7 Å². The first kappa shape index (κ1) is 21.1. The highest BCUT2D eigenvalue weighted by Crippen LogP contribution is 2.35. The lowest BCUT2D eigenvalue weighted by Crippen LogP contribution is -2.30. The van der Waals surface area contributed by atoms with Crippen LogP contribution in [0.1, 0.15) is 46.9 Å². The molecular formula is C25H22F2N4O2. The molecule has 1 aliphatic heterocycles. The Labute approximate surface area is 189 Å². The lowest BCUT2D eigenvalue weighted by Gasteiger charge is -2.25. The molecule has 0 aliphatic carbocycles. The number of aromatic nitrogens is 3. The lowest BCUT2D eigenvalue weighted by molar-refractivity contribution is 0.0737. The van der Waals surface area contributed by atoms with Crippen molar-refractivity contribution in [1.82, 2.24) is 19.5 Å². The molecule has 2 aromatic carbocycles. The first-order valence-corrected chi connectivity index (χ1v) is 10.7. The molecule has 1 atom stereocenters. The van der Waals surface area contributed by atoms with Crippen molar-refractivity contribution in [2.75, 3.05) is 13.7 Å². The number of rotatable bonds is 5. The fourth-order valence-corrected chi connectivity index (χ4v) is 4.39. The summed E-state index contributed by atoms with van der Waals surface area (Å²) in [5.41, 5.74) is 2.13. The maximum Gasteiger partial charge on any atom is 0.280 e. The number of benzene rings is 2. The molecule has 1 fully saturated rings. The molecule has 1 saturated heterocycles. The minimum absolute atomic E-state index is 0.106. The van der Waals surface area contributed by atoms with Crippen LogP contribution < -0.4 is 4.74 Å². The van der Waals surface area contributed by atoms with Gasteiger partial charge in [-0.15, -0.1) is 0 Å². The number of ether oxygens (including phenoxy) is 1. The minimum atomic E-state index is -2.76. The van der Waals surface area contributed by atoms with Crippen molar-refractivity contribution in [3.63, 3.8) is 0 Å². The number of fused-ring (bicyclic) bond motifs is 1. The topological polar surface area (TPSA) is 59.7 Å². The van der Waals surface area contributed by atoms with Crippen LogP contribution in [0.25, 0.3) is 16.9 Å². The number of alkyl halides is 2. The first-order valence-electron chi connectivity index (χ1n) is 10.7. The number of hydrogen-bond acceptors (Lipinski definition) is 4. The number of carbonyl (C=O) groups excluding carboxylic acids is 1. The van der Waals surface area contributed by atoms with E-state index in [1.54, 1.807) is 24.1 Å². The van der Waals surface area contributed by atoms with Crippen LogP contribution in [0, 0.1) is 0 Å². The van der Waals surface area contributed by atoms with E-state index in [-0.39, 0.29) is 28.9 Å². The van der Waals surface area contributed by atoms with Gasteiger partial charge in [0.2, 0.25) is 0 Å². The summed E-state index contributed by atoms with van der Waals surface area (Å²) >= 11 is 0. The standard InChI is InChI=1S/C25H22F2N4O2/c1-33-18-11-9-17(10-12-18)21-8-5-13-30(21)25(32)19-15-28-31-22(23(26)27)14-20(29-24(19)31)16-6-3-2-4-7-16/h2-4,6-7,9-12,14-15,21,23H,5,8,13H2,1H3/t21-/m1/s1. The van der Waals surface area contributed by atoms with Gasteiger partial charge in [-0.3, -0.25) is 4.79 Å². The van der Waals surface area contributed by atoms with Crippen molar-refractivity contribution in [1.29, 1.82) is 0 Å². The van der Waals surface area contributed by atoms with Gasteiger partial charge in [-0.25, -0.2) is 18.3 Å². The van der Waals surface area contributed by atoms with Crippen molar-refractivity contribution in [2.24, 2.45) is 0 Å². The third-order valence-electron chi connectivity index (χ3n) is 6.04. The number of carbonyl (C=O) groups is 1. The molecule has 6 nitrogen and oxygen atoms in total. The van der Waals surface area contributed by atoms with E-state index >= 15 is 0 Å². The van der Waals surface area contributed by atoms with Gasteiger partial charge in [0.1, 0.15) is 17.0 Å². The van der Waals surface area contributed by atoms with Crippen LogP contribution in [0.5, 0.6) is 5.75 Å². The van der Waals surface area contributed by atoms with E-state index in [1.807, 2.05) is 42.5 Å². The molecule has 1 amide bonds. The molecule has 168 valence electrons. The molecule has 0 saturated carbocycles. The van der Waals surface area contributed by atoms with Gasteiger partial charge >= 0.3 is 0 Å². The maximum absolute atomic E-state index is 13.9. The average Bonchev–Trinajstić information content (AvgIpc) is 3.51. The van der Waals surface area contributed by atoms with Crippen molar-refractivity contribution >= 4 is 11.6 Å². The fraction of sp³-hybridized carbons (Fsp3) is 0.240. The van der Waals surface area contributed by atoms with Gasteiger partial charge in [-0.2, -0.15) is 5.10 Å². The maximum atomic E-state index is 13.9. The predicted molar refractivity (Wildman–Crippen MR) is 119 cm³/mol. The highest BCUT2D eigenvalue weighted by molar-refractivity contribution is 6.00. The Kier molecular flexibility index (Phi) is 5.50. The molecule has 0 radical (unpaired) electrons. The zero-order valence-electron chi connectivity index (χ0n) is 18.0. The van der Waals surface area contributed by atoms with E-state index < -0.39 is 6.43 Å². The molecule has 1 aliphatic rings. The molecule has 33 heavy (non-hydrogen) atoms. The Morgan fingerprint density at radius 2 is 1.88 bits per heavy atom. The Morgan fingerprint density at radius 1 is 1.12 bits per heavy atom. The molecule has 0 bridgehead atoms. The number of methoxy groups -OCH3 is 1. The number of hydrogen-bond donors (Lipinski definition) is 0. The van der Waals surface area contributed by atoms with Crippen molar-refractivity contribution in [3.05, 3.63) is 83.7 Å². The summed E-state index contributed by atoms with van der Waals surface area (Å²) in [5.74, 6) is 0.482. The Morgan fingerprint density at radius 3 is 2.58 bits per heavy atom. The average molecular weight is 448 g/mol. The third kappa shape index (κ3) is 3.82. The monoisotopic (exact) mass is 448 g/mol. The highest BCUT2D eigenvalue weighted by atomic mass is 19.3. The third-order valence-corrected chi connectivity index (χ3v) is 6.04. The van der Waals surface area contributed by atoms with Crippen LogP contribution in [0.3, 0.4) is 0 Å². The number of nitrogens with zero attached hydrogens (tertiary/aromatic N) is 4. The first-order chi connectivity index (χ1) is 16.1. The molecule has 2 aromatic heterocycles. The minimum Gasteiger partial charge on any atom is -0.497 e. The van der Waals surface area contributed by atoms with Gasteiger partial charge in [0, 0.05) is 12.1 Å². The van der Waals surface area contributed by atoms with Crippen LogP contribution in [0.4, 0.5) is 8.78 Å². The smallest absolute Gasteiger partial charge is 0.280 e. The van der Waals surface area contributed by atoms with Gasteiger partial charge in [0.05, 0.1) is 25.0 Å². The van der Waals surface area contributed by atoms with Gasteiger partial charge < -0.3 is 9.64 Å². The van der Waals surface area contributed by atoms with E-state index in [2.05, 4.69) is 10.1 Å². The van der Waals surface area contributed by atoms with E-state index in [0.29, 0.717) is 17.8 Å². The van der Waals surface area contributed by atoms with Gasteiger partial charge in [-0.1, -0.05) is 42.5 Å². The number of likely N-dealkylation sites (tertiary alicyclic amines) is 1. The SMILES string of the molecule is COc1ccc([C@H]2CCCN2C(=O)c2cnn3c(C(F)F)cc(-c4ccccc4)nc23)cc1. The van der Waals surface area contributed by atoms with Gasteiger partial charge in [0.25, 0.3) is 12.3 Å². The molecule has 4 aromatic rings. The van der Waals surface area contributed by atoms with Crippen LogP contribution in [-0.2, 0) is 0 Å². The second kappa shape index (κ2) is 8.61. The lowest BCUT2D eigenvalue weighted by atomic mass is 10.0. The molecule has 0 unspecified atom stereocenters. The molecule has 0 N–H and O–H groups in total. The summed E-state index contributed by atoms with van der Waals surface area (Å²) in [6.45, 7) is 0.576. The zero-order chi connectivity index (χ0) is 22.9. The summed E-state index contributed by atoms with van der Waals surface area (Å²) in [6, 6.07) is 17.9. The number of amides is 1. The van der Waals surface area contributed by atoms with E-state index in [1.165, 1.54) is 12.3 Å². The van der Waals surface area contributed by atoms with Crippen molar-refractivity contribution in [2.45, 2.75) is 25.3 Å². The molecule has 0 spiro atoms. The molecular weight excluding hydrogens is 426 g/mol. The zero-order valence-corrected chi connectivity index (χ0v) is 18.0. The predicted octanol–water partition coefficient (Wildman–Crippen LogP) is 5.32. The Balaban J connectivity index is 1.56. The normalized spacial score (nSPS) is 16.0. The van der Waals surface area contributed by atoms with Crippen LogP contribution >= 0.6 is 0 Å². The van der Waals surface area contributed by atoms with E-state index in [4.69, 9.17) is 4.74 Å². The summed E-state index contributed by atoms with van der Waals surface area (Å²) in [5, 5.41) is 4.10. The van der Waals surface area contributed by atoms with Crippen LogP contribution in [0.2, 0.25) is 0 Å². The number of halogens is 2. The molecule has 8 heteroatoms. The highest BCUT2D eigenvalue weighted by Gasteiger charge is 2.33. The molecule has 5 rings (SSSR count). The summed E-state index contributed by atoms with van der Waals surface area (Å²) in [7, 11) is 1.61. The van der Waals surface area contributed by atoms with Crippen LogP contribution in [-0.4, -0.2) is 39.1 Å². The van der Waals surface area contributed by atoms with E-state index in [9.17, 15) is 13.6 Å². The van der Waals surface area contributed by atoms with Crippen LogP contribution in [0.15, 0.2) is 66.9 Å². The second-order valence-corrected chi connectivity index (χ2v) is 7.96. The fourth-order valence-electron chi connectivity index (χ4n) is 4.39. The Hall–Kier alpha value is -3.81.